The van der Waals surface area contributed by atoms with Crippen molar-refractivity contribution in [2.45, 2.75) is 6.42 Å². The third kappa shape index (κ3) is 3.20. The maximum Gasteiger partial charge on any atom is 0.193 e. The van der Waals surface area contributed by atoms with E-state index in [1.165, 1.54) is 0 Å². The van der Waals surface area contributed by atoms with Gasteiger partial charge in [-0.2, -0.15) is 0 Å². The average molecular weight is 255 g/mol. The number of ketones is 1. The molecule has 2 rings (SSSR count). The molecular formula is C16H17NO2. The van der Waals surface area contributed by atoms with Gasteiger partial charge in [-0.25, -0.2) is 0 Å². The predicted molar refractivity (Wildman–Crippen MR) is 75.6 cm³/mol. The summed E-state index contributed by atoms with van der Waals surface area (Å²) in [6, 6.07) is 14.7. The molecule has 0 aliphatic carbocycles. The summed E-state index contributed by atoms with van der Waals surface area (Å²) >= 11 is 0. The first kappa shape index (κ1) is 13.3. The Kier molecular flexibility index (Phi) is 4.31. The van der Waals surface area contributed by atoms with Gasteiger partial charge in [0, 0.05) is 11.1 Å². The molecule has 0 heterocycles. The lowest BCUT2D eigenvalue weighted by Gasteiger charge is -2.05. The Morgan fingerprint density at radius 2 is 1.84 bits per heavy atom. The largest absolute Gasteiger partial charge is 0.497 e. The van der Waals surface area contributed by atoms with Gasteiger partial charge in [0.2, 0.25) is 0 Å². The van der Waals surface area contributed by atoms with Crippen molar-refractivity contribution in [3.63, 3.8) is 0 Å². The topological polar surface area (TPSA) is 52.3 Å². The molecular weight excluding hydrogens is 238 g/mol. The first-order chi connectivity index (χ1) is 9.24. The second-order valence-electron chi connectivity index (χ2n) is 4.30. The van der Waals surface area contributed by atoms with E-state index in [0.29, 0.717) is 23.4 Å². The van der Waals surface area contributed by atoms with Crippen molar-refractivity contribution in [1.29, 1.82) is 0 Å². The molecule has 0 aliphatic heterocycles. The first-order valence-corrected chi connectivity index (χ1v) is 6.22. The number of nitrogens with two attached hydrogens (primary N) is 1. The molecule has 0 atom stereocenters. The number of methoxy groups -OCH3 is 1. The molecule has 0 aromatic heterocycles. The van der Waals surface area contributed by atoms with Crippen molar-refractivity contribution in [2.75, 3.05) is 13.7 Å². The van der Waals surface area contributed by atoms with Gasteiger partial charge in [-0.05, 0) is 30.7 Å². The fourth-order valence-corrected chi connectivity index (χ4v) is 1.92. The first-order valence-electron chi connectivity index (χ1n) is 6.22. The van der Waals surface area contributed by atoms with Crippen LogP contribution in [0.5, 0.6) is 5.75 Å². The van der Waals surface area contributed by atoms with Crippen molar-refractivity contribution in [3.8, 4) is 5.75 Å². The highest BCUT2D eigenvalue weighted by molar-refractivity contribution is 6.09. The van der Waals surface area contributed by atoms with Crippen molar-refractivity contribution in [2.24, 2.45) is 5.73 Å². The summed E-state index contributed by atoms with van der Waals surface area (Å²) in [5, 5.41) is 0. The molecule has 98 valence electrons. The van der Waals surface area contributed by atoms with Crippen molar-refractivity contribution in [1.82, 2.24) is 0 Å². The number of hydrogen-bond acceptors (Lipinski definition) is 3. The summed E-state index contributed by atoms with van der Waals surface area (Å²) in [5.41, 5.74) is 7.95. The van der Waals surface area contributed by atoms with Gasteiger partial charge >= 0.3 is 0 Å². The zero-order valence-electron chi connectivity index (χ0n) is 10.9. The van der Waals surface area contributed by atoms with Crippen LogP contribution < -0.4 is 10.5 Å². The molecule has 2 aromatic rings. The molecule has 0 unspecified atom stereocenters. The zero-order valence-corrected chi connectivity index (χ0v) is 10.9. The Morgan fingerprint density at radius 3 is 2.47 bits per heavy atom. The Balaban J connectivity index is 2.22. The highest BCUT2D eigenvalue weighted by atomic mass is 16.5. The van der Waals surface area contributed by atoms with E-state index in [9.17, 15) is 4.79 Å². The number of rotatable bonds is 5. The molecule has 0 spiro atoms. The maximum atomic E-state index is 12.3. The van der Waals surface area contributed by atoms with Gasteiger partial charge in [0.05, 0.1) is 7.11 Å². The SMILES string of the molecule is COc1cccc(C(=O)c2ccc(CCN)cc2)c1. The lowest BCUT2D eigenvalue weighted by atomic mass is 10.0. The summed E-state index contributed by atoms with van der Waals surface area (Å²) in [5.74, 6) is 0.684. The minimum atomic E-state index is -0.00167. The summed E-state index contributed by atoms with van der Waals surface area (Å²) in [4.78, 5) is 12.3. The summed E-state index contributed by atoms with van der Waals surface area (Å²) in [6.07, 6.45) is 0.827. The molecule has 2 N–H and O–H groups in total. The van der Waals surface area contributed by atoms with E-state index in [1.807, 2.05) is 36.4 Å². The quantitative estimate of drug-likeness (QED) is 0.835. The van der Waals surface area contributed by atoms with Crippen LogP contribution in [0.4, 0.5) is 0 Å². The number of ether oxygens (including phenoxy) is 1. The molecule has 3 nitrogen and oxygen atoms in total. The number of benzene rings is 2. The van der Waals surface area contributed by atoms with Crippen LogP contribution in [0.25, 0.3) is 0 Å². The van der Waals surface area contributed by atoms with Crippen LogP contribution in [-0.4, -0.2) is 19.4 Å². The third-order valence-electron chi connectivity index (χ3n) is 2.98. The fraction of sp³-hybridized carbons (Fsp3) is 0.188. The molecule has 0 saturated carbocycles. The van der Waals surface area contributed by atoms with E-state index in [2.05, 4.69) is 0 Å². The lowest BCUT2D eigenvalue weighted by Crippen LogP contribution is -2.04. The summed E-state index contributed by atoms with van der Waals surface area (Å²) < 4.78 is 5.13. The molecule has 0 fully saturated rings. The van der Waals surface area contributed by atoms with Crippen molar-refractivity contribution < 1.29 is 9.53 Å². The highest BCUT2D eigenvalue weighted by Gasteiger charge is 2.09. The average Bonchev–Trinajstić information content (AvgIpc) is 2.48. The van der Waals surface area contributed by atoms with Crippen LogP contribution in [-0.2, 0) is 6.42 Å². The normalized spacial score (nSPS) is 10.2. The lowest BCUT2D eigenvalue weighted by molar-refractivity contribution is 0.103. The molecule has 2 aromatic carbocycles. The Bertz CT molecular complexity index is 561. The van der Waals surface area contributed by atoms with Crippen LogP contribution >= 0.6 is 0 Å². The van der Waals surface area contributed by atoms with Crippen LogP contribution in [0.2, 0.25) is 0 Å². The Labute approximate surface area is 113 Å². The summed E-state index contributed by atoms with van der Waals surface area (Å²) in [7, 11) is 1.59. The van der Waals surface area contributed by atoms with Crippen LogP contribution in [0, 0.1) is 0 Å². The van der Waals surface area contributed by atoms with Crippen LogP contribution in [0.3, 0.4) is 0 Å². The predicted octanol–water partition coefficient (Wildman–Crippen LogP) is 2.43. The third-order valence-corrected chi connectivity index (χ3v) is 2.98. The van der Waals surface area contributed by atoms with Crippen molar-refractivity contribution >= 4 is 5.78 Å². The van der Waals surface area contributed by atoms with Crippen LogP contribution in [0.15, 0.2) is 48.5 Å². The number of hydrogen-bond donors (Lipinski definition) is 1. The monoisotopic (exact) mass is 255 g/mol. The summed E-state index contributed by atoms with van der Waals surface area (Å²) in [6.45, 7) is 0.614. The minimum Gasteiger partial charge on any atom is -0.497 e. The smallest absolute Gasteiger partial charge is 0.193 e. The molecule has 0 saturated heterocycles. The van der Waals surface area contributed by atoms with Gasteiger partial charge in [-0.15, -0.1) is 0 Å². The van der Waals surface area contributed by atoms with Crippen molar-refractivity contribution in [3.05, 3.63) is 65.2 Å². The van der Waals surface area contributed by atoms with E-state index >= 15 is 0 Å². The number of carbonyl (C=O) groups excluding carboxylic acids is 1. The molecule has 0 aliphatic rings. The van der Waals surface area contributed by atoms with E-state index in [0.717, 1.165) is 12.0 Å². The van der Waals surface area contributed by atoms with Gasteiger partial charge in [0.25, 0.3) is 0 Å². The Morgan fingerprint density at radius 1 is 1.11 bits per heavy atom. The van der Waals surface area contributed by atoms with E-state index in [4.69, 9.17) is 10.5 Å². The molecule has 3 heteroatoms. The fourth-order valence-electron chi connectivity index (χ4n) is 1.92. The maximum absolute atomic E-state index is 12.3. The Hall–Kier alpha value is -2.13. The molecule has 0 bridgehead atoms. The molecule has 0 amide bonds. The number of carbonyl (C=O) groups is 1. The van der Waals surface area contributed by atoms with Crippen LogP contribution in [0.1, 0.15) is 21.5 Å². The molecule has 19 heavy (non-hydrogen) atoms. The van der Waals surface area contributed by atoms with Gasteiger partial charge < -0.3 is 10.5 Å². The van der Waals surface area contributed by atoms with Gasteiger partial charge in [-0.3, -0.25) is 4.79 Å². The molecule has 0 radical (unpaired) electrons. The van der Waals surface area contributed by atoms with Gasteiger partial charge in [0.1, 0.15) is 5.75 Å². The second-order valence-corrected chi connectivity index (χ2v) is 4.30. The van der Waals surface area contributed by atoms with E-state index in [-0.39, 0.29) is 5.78 Å². The second kappa shape index (κ2) is 6.16. The highest BCUT2D eigenvalue weighted by Crippen LogP contribution is 2.16. The van der Waals surface area contributed by atoms with E-state index < -0.39 is 0 Å². The van der Waals surface area contributed by atoms with Gasteiger partial charge in [-0.1, -0.05) is 36.4 Å². The zero-order chi connectivity index (χ0) is 13.7. The standard InChI is InChI=1S/C16H17NO2/c1-19-15-4-2-3-14(11-15)16(18)13-7-5-12(6-8-13)9-10-17/h2-8,11H,9-10,17H2,1H3. The minimum absolute atomic E-state index is 0.00167. The van der Waals surface area contributed by atoms with E-state index in [1.54, 1.807) is 19.2 Å². The van der Waals surface area contributed by atoms with Gasteiger partial charge in [0.15, 0.2) is 5.78 Å².